The number of fused-ring (bicyclic) bond motifs is 1. The number of carbonyl (C=O) groups excluding carboxylic acids is 1. The number of rotatable bonds is 5. The summed E-state index contributed by atoms with van der Waals surface area (Å²) in [5, 5.41) is 2.93. The molecule has 0 atom stereocenters. The molecule has 0 aromatic heterocycles. The van der Waals surface area contributed by atoms with E-state index in [1.54, 1.807) is 0 Å². The predicted molar refractivity (Wildman–Crippen MR) is 81.6 cm³/mol. The van der Waals surface area contributed by atoms with Gasteiger partial charge < -0.3 is 14.8 Å². The van der Waals surface area contributed by atoms with Gasteiger partial charge in [0.05, 0.1) is 0 Å². The van der Waals surface area contributed by atoms with Gasteiger partial charge in [-0.25, -0.2) is 0 Å². The third-order valence-electron chi connectivity index (χ3n) is 4.40. The molecule has 1 aliphatic carbocycles. The van der Waals surface area contributed by atoms with Crippen molar-refractivity contribution >= 4 is 11.6 Å². The van der Waals surface area contributed by atoms with Crippen molar-refractivity contribution in [2.45, 2.75) is 51.4 Å². The summed E-state index contributed by atoms with van der Waals surface area (Å²) in [4.78, 5) is 12.0. The van der Waals surface area contributed by atoms with Crippen LogP contribution in [0.1, 0.15) is 51.4 Å². The van der Waals surface area contributed by atoms with Gasteiger partial charge >= 0.3 is 0 Å². The number of anilines is 1. The lowest BCUT2D eigenvalue weighted by Crippen LogP contribution is -2.12. The Morgan fingerprint density at radius 1 is 1.14 bits per heavy atom. The van der Waals surface area contributed by atoms with E-state index in [2.05, 4.69) is 5.32 Å². The lowest BCUT2D eigenvalue weighted by atomic mass is 9.86. The van der Waals surface area contributed by atoms with Crippen LogP contribution in [0.5, 0.6) is 11.5 Å². The second-order valence-electron chi connectivity index (χ2n) is 6.01. The number of hydrogen-bond acceptors (Lipinski definition) is 3. The van der Waals surface area contributed by atoms with Crippen LogP contribution < -0.4 is 14.8 Å². The van der Waals surface area contributed by atoms with Crippen molar-refractivity contribution in [3.8, 4) is 11.5 Å². The SMILES string of the molecule is O=C(CCCC1CCCCC1)Nc1ccc2c(c1)OCO2. The predicted octanol–water partition coefficient (Wildman–Crippen LogP) is 4.10. The van der Waals surface area contributed by atoms with Gasteiger partial charge in [0.2, 0.25) is 12.7 Å². The lowest BCUT2D eigenvalue weighted by Gasteiger charge is -2.21. The minimum Gasteiger partial charge on any atom is -0.454 e. The highest BCUT2D eigenvalue weighted by molar-refractivity contribution is 5.91. The maximum absolute atomic E-state index is 12.0. The van der Waals surface area contributed by atoms with Gasteiger partial charge in [0.15, 0.2) is 11.5 Å². The topological polar surface area (TPSA) is 47.6 Å². The fourth-order valence-corrected chi connectivity index (χ4v) is 3.22. The van der Waals surface area contributed by atoms with Gasteiger partial charge in [-0.15, -0.1) is 0 Å². The zero-order valence-corrected chi connectivity index (χ0v) is 12.4. The number of benzene rings is 1. The number of carbonyl (C=O) groups is 1. The average molecular weight is 289 g/mol. The molecule has 1 saturated carbocycles. The molecule has 1 aliphatic heterocycles. The molecule has 2 aliphatic rings. The third-order valence-corrected chi connectivity index (χ3v) is 4.40. The quantitative estimate of drug-likeness (QED) is 0.887. The van der Waals surface area contributed by atoms with Crippen molar-refractivity contribution < 1.29 is 14.3 Å². The van der Waals surface area contributed by atoms with E-state index < -0.39 is 0 Å². The highest BCUT2D eigenvalue weighted by Crippen LogP contribution is 2.34. The van der Waals surface area contributed by atoms with E-state index in [4.69, 9.17) is 9.47 Å². The van der Waals surface area contributed by atoms with Crippen LogP contribution in [0.4, 0.5) is 5.69 Å². The molecule has 0 unspecified atom stereocenters. The van der Waals surface area contributed by atoms with Crippen LogP contribution >= 0.6 is 0 Å². The molecular formula is C17H23NO3. The zero-order chi connectivity index (χ0) is 14.5. The third kappa shape index (κ3) is 3.90. The van der Waals surface area contributed by atoms with E-state index in [9.17, 15) is 4.79 Å². The zero-order valence-electron chi connectivity index (χ0n) is 12.4. The molecule has 114 valence electrons. The summed E-state index contributed by atoms with van der Waals surface area (Å²) in [6.07, 6.45) is 9.61. The van der Waals surface area contributed by atoms with Crippen LogP contribution in [-0.2, 0) is 4.79 Å². The second-order valence-corrected chi connectivity index (χ2v) is 6.01. The largest absolute Gasteiger partial charge is 0.454 e. The van der Waals surface area contributed by atoms with Crippen molar-refractivity contribution in [2.75, 3.05) is 12.1 Å². The number of nitrogens with one attached hydrogen (secondary N) is 1. The molecule has 21 heavy (non-hydrogen) atoms. The molecule has 1 fully saturated rings. The normalized spacial score (nSPS) is 17.7. The molecule has 3 rings (SSSR count). The fourth-order valence-electron chi connectivity index (χ4n) is 3.22. The van der Waals surface area contributed by atoms with Gasteiger partial charge in [-0.2, -0.15) is 0 Å². The number of amides is 1. The first-order chi connectivity index (χ1) is 10.3. The molecule has 0 spiro atoms. The van der Waals surface area contributed by atoms with Crippen LogP contribution in [0, 0.1) is 5.92 Å². The summed E-state index contributed by atoms with van der Waals surface area (Å²) in [6.45, 7) is 0.258. The Hall–Kier alpha value is -1.71. The van der Waals surface area contributed by atoms with E-state index in [1.807, 2.05) is 18.2 Å². The van der Waals surface area contributed by atoms with E-state index in [0.717, 1.165) is 23.8 Å². The minimum atomic E-state index is 0.0877. The summed E-state index contributed by atoms with van der Waals surface area (Å²) < 4.78 is 10.6. The van der Waals surface area contributed by atoms with E-state index in [1.165, 1.54) is 38.5 Å². The molecule has 0 radical (unpaired) electrons. The Balaban J connectivity index is 1.41. The van der Waals surface area contributed by atoms with E-state index in [-0.39, 0.29) is 12.7 Å². The summed E-state index contributed by atoms with van der Waals surface area (Å²) >= 11 is 0. The first-order valence-corrected chi connectivity index (χ1v) is 8.01. The molecule has 0 saturated heterocycles. The van der Waals surface area contributed by atoms with Crippen molar-refractivity contribution in [1.82, 2.24) is 0 Å². The maximum atomic E-state index is 12.0. The van der Waals surface area contributed by atoms with Gasteiger partial charge in [-0.05, 0) is 30.9 Å². The van der Waals surface area contributed by atoms with Crippen LogP contribution in [0.2, 0.25) is 0 Å². The minimum absolute atomic E-state index is 0.0877. The summed E-state index contributed by atoms with van der Waals surface area (Å²) in [5.41, 5.74) is 0.780. The average Bonchev–Trinajstić information content (AvgIpc) is 2.96. The summed E-state index contributed by atoms with van der Waals surface area (Å²) in [5.74, 6) is 2.38. The molecule has 1 aromatic carbocycles. The van der Waals surface area contributed by atoms with Crippen LogP contribution in [-0.4, -0.2) is 12.7 Å². The fraction of sp³-hybridized carbons (Fsp3) is 0.588. The van der Waals surface area contributed by atoms with Gasteiger partial charge in [-0.3, -0.25) is 4.79 Å². The Morgan fingerprint density at radius 3 is 2.81 bits per heavy atom. The summed E-state index contributed by atoms with van der Waals surface area (Å²) in [7, 11) is 0. The number of hydrogen-bond donors (Lipinski definition) is 1. The summed E-state index contributed by atoms with van der Waals surface area (Å²) in [6, 6.07) is 5.51. The molecule has 1 aromatic rings. The molecule has 1 N–H and O–H groups in total. The molecule has 0 bridgehead atoms. The van der Waals surface area contributed by atoms with Gasteiger partial charge in [0.1, 0.15) is 0 Å². The van der Waals surface area contributed by atoms with E-state index in [0.29, 0.717) is 12.2 Å². The smallest absolute Gasteiger partial charge is 0.231 e. The maximum Gasteiger partial charge on any atom is 0.231 e. The molecule has 4 heteroatoms. The van der Waals surface area contributed by atoms with Crippen molar-refractivity contribution in [3.63, 3.8) is 0 Å². The highest BCUT2D eigenvalue weighted by Gasteiger charge is 2.15. The van der Waals surface area contributed by atoms with Crippen molar-refractivity contribution in [3.05, 3.63) is 18.2 Å². The van der Waals surface area contributed by atoms with Crippen molar-refractivity contribution in [2.24, 2.45) is 5.92 Å². The standard InChI is InChI=1S/C17H23NO3/c19-17(8-4-7-13-5-2-1-3-6-13)18-14-9-10-15-16(11-14)21-12-20-15/h9-11,13H,1-8,12H2,(H,18,19). The molecular weight excluding hydrogens is 266 g/mol. The molecule has 4 nitrogen and oxygen atoms in total. The highest BCUT2D eigenvalue weighted by atomic mass is 16.7. The molecule has 1 heterocycles. The van der Waals surface area contributed by atoms with Crippen LogP contribution in [0.15, 0.2) is 18.2 Å². The Kier molecular flexibility index (Phi) is 4.63. The van der Waals surface area contributed by atoms with Crippen LogP contribution in [0.25, 0.3) is 0 Å². The first-order valence-electron chi connectivity index (χ1n) is 8.01. The first kappa shape index (κ1) is 14.2. The second kappa shape index (κ2) is 6.83. The van der Waals surface area contributed by atoms with Gasteiger partial charge in [0.25, 0.3) is 0 Å². The monoisotopic (exact) mass is 289 g/mol. The van der Waals surface area contributed by atoms with Crippen molar-refractivity contribution in [1.29, 1.82) is 0 Å². The lowest BCUT2D eigenvalue weighted by molar-refractivity contribution is -0.116. The van der Waals surface area contributed by atoms with Gasteiger partial charge in [-0.1, -0.05) is 32.1 Å². The Morgan fingerprint density at radius 2 is 1.95 bits per heavy atom. The number of ether oxygens (including phenoxy) is 2. The molecule has 1 amide bonds. The Labute approximate surface area is 125 Å². The van der Waals surface area contributed by atoms with E-state index >= 15 is 0 Å². The van der Waals surface area contributed by atoms with Gasteiger partial charge in [0, 0.05) is 18.2 Å². The van der Waals surface area contributed by atoms with Crippen LogP contribution in [0.3, 0.4) is 0 Å². The Bertz CT molecular complexity index is 495.